The summed E-state index contributed by atoms with van der Waals surface area (Å²) in [6, 6.07) is 15.2. The molecule has 0 bridgehead atoms. The molecule has 4 rings (SSSR count). The maximum atomic E-state index is 13.4. The van der Waals surface area contributed by atoms with Crippen molar-refractivity contribution < 1.29 is 19.1 Å². The number of carbonyl (C=O) groups excluding carboxylic acids is 2. The highest BCUT2D eigenvalue weighted by Gasteiger charge is 2.47. The zero-order valence-corrected chi connectivity index (χ0v) is 18.0. The lowest BCUT2D eigenvalue weighted by Crippen LogP contribution is -2.29. The molecule has 1 amide bonds. The number of rotatable bonds is 3. The fraction of sp³-hybridized carbons (Fsp3) is 0.192. The molecule has 1 saturated heterocycles. The predicted molar refractivity (Wildman–Crippen MR) is 121 cm³/mol. The second-order valence-electron chi connectivity index (χ2n) is 8.75. The number of anilines is 1. The number of amides is 1. The Kier molecular flexibility index (Phi) is 5.38. The minimum atomic E-state index is -0.844. The minimum Gasteiger partial charge on any atom is -0.507 e. The molecule has 1 N–H and O–H groups in total. The third-order valence-corrected chi connectivity index (χ3v) is 5.60. The van der Waals surface area contributed by atoms with Crippen LogP contribution in [0.2, 0.25) is 0 Å². The molecule has 2 aromatic carbocycles. The summed E-state index contributed by atoms with van der Waals surface area (Å²) >= 11 is 0. The van der Waals surface area contributed by atoms with Crippen molar-refractivity contribution >= 4 is 23.1 Å². The molecule has 5 nitrogen and oxygen atoms in total. The summed E-state index contributed by atoms with van der Waals surface area (Å²) in [7, 11) is 0. The zero-order valence-electron chi connectivity index (χ0n) is 18.0. The minimum absolute atomic E-state index is 0.0484. The highest BCUT2D eigenvalue weighted by Crippen LogP contribution is 2.42. The molecule has 1 atom stereocenters. The van der Waals surface area contributed by atoms with Gasteiger partial charge in [0.15, 0.2) is 0 Å². The number of pyridine rings is 1. The summed E-state index contributed by atoms with van der Waals surface area (Å²) in [5, 5.41) is 11.0. The van der Waals surface area contributed by atoms with E-state index in [1.165, 1.54) is 29.2 Å². The molecule has 1 aliphatic rings. The summed E-state index contributed by atoms with van der Waals surface area (Å²) in [6.07, 6.45) is 3.13. The first-order chi connectivity index (χ1) is 15.2. The van der Waals surface area contributed by atoms with Crippen molar-refractivity contribution in [3.8, 4) is 0 Å². The van der Waals surface area contributed by atoms with Gasteiger partial charge in [0.1, 0.15) is 11.6 Å². The maximum absolute atomic E-state index is 13.4. The van der Waals surface area contributed by atoms with Crippen LogP contribution >= 0.6 is 0 Å². The molecule has 2 heterocycles. The van der Waals surface area contributed by atoms with Crippen LogP contribution in [0.15, 0.2) is 78.6 Å². The molecular formula is C26H23FN2O3. The van der Waals surface area contributed by atoms with E-state index in [4.69, 9.17) is 0 Å². The van der Waals surface area contributed by atoms with Crippen molar-refractivity contribution in [2.24, 2.45) is 0 Å². The summed E-state index contributed by atoms with van der Waals surface area (Å²) in [6.45, 7) is 6.27. The number of aliphatic hydroxyl groups is 1. The van der Waals surface area contributed by atoms with Gasteiger partial charge in [-0.25, -0.2) is 4.39 Å². The number of nitrogens with zero attached hydrogens (tertiary/aromatic N) is 2. The summed E-state index contributed by atoms with van der Waals surface area (Å²) in [5.41, 5.74) is 2.39. The molecule has 1 aromatic heterocycles. The van der Waals surface area contributed by atoms with Crippen molar-refractivity contribution in [1.82, 2.24) is 4.98 Å². The SMILES string of the molecule is CC(C)(C)c1ccc(N2C(=O)C(=O)/C(=C(/O)c3ccc(F)cc3)C2c2ccncc2)cc1. The summed E-state index contributed by atoms with van der Waals surface area (Å²) < 4.78 is 13.4. The second-order valence-corrected chi connectivity index (χ2v) is 8.75. The number of Topliss-reactive ketones (excluding diaryl/α,β-unsaturated/α-hetero) is 1. The van der Waals surface area contributed by atoms with E-state index in [0.29, 0.717) is 11.3 Å². The van der Waals surface area contributed by atoms with Gasteiger partial charge in [0.05, 0.1) is 11.6 Å². The van der Waals surface area contributed by atoms with E-state index in [-0.39, 0.29) is 22.3 Å². The monoisotopic (exact) mass is 430 g/mol. The Balaban J connectivity index is 1.88. The number of aliphatic hydroxyl groups excluding tert-OH is 1. The van der Waals surface area contributed by atoms with Gasteiger partial charge >= 0.3 is 0 Å². The number of aromatic nitrogens is 1. The van der Waals surface area contributed by atoms with E-state index in [0.717, 1.165) is 5.56 Å². The first kappa shape index (κ1) is 21.4. The normalized spacial score (nSPS) is 18.2. The first-order valence-corrected chi connectivity index (χ1v) is 10.3. The molecule has 0 spiro atoms. The average Bonchev–Trinajstić information content (AvgIpc) is 3.04. The van der Waals surface area contributed by atoms with Crippen molar-refractivity contribution in [1.29, 1.82) is 0 Å². The van der Waals surface area contributed by atoms with Gasteiger partial charge in [0, 0.05) is 23.6 Å². The van der Waals surface area contributed by atoms with Gasteiger partial charge in [-0.15, -0.1) is 0 Å². The molecular weight excluding hydrogens is 407 g/mol. The molecule has 0 saturated carbocycles. The molecule has 1 aliphatic heterocycles. The van der Waals surface area contributed by atoms with Crippen LogP contribution in [0.1, 0.15) is 43.5 Å². The fourth-order valence-corrected chi connectivity index (χ4v) is 3.85. The molecule has 1 unspecified atom stereocenters. The summed E-state index contributed by atoms with van der Waals surface area (Å²) in [5.74, 6) is -2.35. The van der Waals surface area contributed by atoms with Gasteiger partial charge in [-0.05, 0) is 65.1 Å². The zero-order chi connectivity index (χ0) is 23.0. The van der Waals surface area contributed by atoms with E-state index >= 15 is 0 Å². The van der Waals surface area contributed by atoms with Gasteiger partial charge in [-0.1, -0.05) is 32.9 Å². The lowest BCUT2D eigenvalue weighted by Gasteiger charge is -2.26. The van der Waals surface area contributed by atoms with Gasteiger partial charge in [-0.2, -0.15) is 0 Å². The largest absolute Gasteiger partial charge is 0.507 e. The van der Waals surface area contributed by atoms with Gasteiger partial charge in [0.25, 0.3) is 11.7 Å². The van der Waals surface area contributed by atoms with Crippen LogP contribution < -0.4 is 4.90 Å². The highest BCUT2D eigenvalue weighted by atomic mass is 19.1. The molecule has 0 aliphatic carbocycles. The van der Waals surface area contributed by atoms with Crippen molar-refractivity contribution in [2.75, 3.05) is 4.90 Å². The molecule has 1 fully saturated rings. The van der Waals surface area contributed by atoms with E-state index in [1.807, 2.05) is 12.1 Å². The number of ketones is 1. The van der Waals surface area contributed by atoms with Crippen molar-refractivity contribution in [3.63, 3.8) is 0 Å². The van der Waals surface area contributed by atoms with Gasteiger partial charge < -0.3 is 5.11 Å². The third-order valence-electron chi connectivity index (χ3n) is 5.60. The van der Waals surface area contributed by atoms with E-state index < -0.39 is 23.5 Å². The number of hydrogen-bond acceptors (Lipinski definition) is 4. The Hall–Kier alpha value is -3.80. The van der Waals surface area contributed by atoms with Crippen LogP contribution in [0.5, 0.6) is 0 Å². The summed E-state index contributed by atoms with van der Waals surface area (Å²) in [4.78, 5) is 31.6. The molecule has 6 heteroatoms. The molecule has 162 valence electrons. The Bertz CT molecular complexity index is 1190. The second kappa shape index (κ2) is 8.04. The number of benzene rings is 2. The molecule has 3 aromatic rings. The average molecular weight is 430 g/mol. The van der Waals surface area contributed by atoms with Crippen molar-refractivity contribution in [3.05, 3.63) is 101 Å². The quantitative estimate of drug-likeness (QED) is 0.355. The topological polar surface area (TPSA) is 70.5 Å². The molecule has 0 radical (unpaired) electrons. The Morgan fingerprint density at radius 1 is 0.938 bits per heavy atom. The van der Waals surface area contributed by atoms with Gasteiger partial charge in [-0.3, -0.25) is 19.5 Å². The molecule has 32 heavy (non-hydrogen) atoms. The number of hydrogen-bond donors (Lipinski definition) is 1. The maximum Gasteiger partial charge on any atom is 0.300 e. The van der Waals surface area contributed by atoms with Crippen LogP contribution in [0.25, 0.3) is 5.76 Å². The fourth-order valence-electron chi connectivity index (χ4n) is 3.85. The Morgan fingerprint density at radius 3 is 2.09 bits per heavy atom. The van der Waals surface area contributed by atoms with Crippen LogP contribution in [0.3, 0.4) is 0 Å². The van der Waals surface area contributed by atoms with Gasteiger partial charge in [0.2, 0.25) is 0 Å². The predicted octanol–water partition coefficient (Wildman–Crippen LogP) is 5.14. The van der Waals surface area contributed by atoms with Crippen molar-refractivity contribution in [2.45, 2.75) is 32.2 Å². The van der Waals surface area contributed by atoms with Crippen LogP contribution in [0, 0.1) is 5.82 Å². The van der Waals surface area contributed by atoms with Crippen LogP contribution in [0.4, 0.5) is 10.1 Å². The highest BCUT2D eigenvalue weighted by molar-refractivity contribution is 6.51. The lowest BCUT2D eigenvalue weighted by molar-refractivity contribution is -0.132. The number of carbonyl (C=O) groups is 2. The van der Waals surface area contributed by atoms with E-state index in [1.54, 1.807) is 36.7 Å². The standard InChI is InChI=1S/C26H23FN2O3/c1-26(2,3)18-6-10-20(11-7-18)29-22(16-12-14-28-15-13-16)21(24(31)25(29)32)23(30)17-4-8-19(27)9-5-17/h4-15,22,30H,1-3H3/b23-21+. The Morgan fingerprint density at radius 2 is 1.53 bits per heavy atom. The lowest BCUT2D eigenvalue weighted by atomic mass is 9.87. The smallest absolute Gasteiger partial charge is 0.300 e. The first-order valence-electron chi connectivity index (χ1n) is 10.3. The van der Waals surface area contributed by atoms with Crippen LogP contribution in [-0.2, 0) is 15.0 Å². The van der Waals surface area contributed by atoms with E-state index in [2.05, 4.69) is 25.8 Å². The van der Waals surface area contributed by atoms with Crippen LogP contribution in [-0.4, -0.2) is 21.8 Å². The Labute approximate surface area is 185 Å². The third kappa shape index (κ3) is 3.80. The number of halogens is 1. The van der Waals surface area contributed by atoms with E-state index in [9.17, 15) is 19.1 Å².